The van der Waals surface area contributed by atoms with E-state index in [-0.39, 0.29) is 10.6 Å². The van der Waals surface area contributed by atoms with Crippen LogP contribution in [0.2, 0.25) is 0 Å². The van der Waals surface area contributed by atoms with Crippen LogP contribution >= 0.6 is 0 Å². The Morgan fingerprint density at radius 3 is 2.49 bits per heavy atom. The topological polar surface area (TPSA) is 181 Å². The van der Waals surface area contributed by atoms with Crippen LogP contribution in [0.5, 0.6) is 5.75 Å². The van der Waals surface area contributed by atoms with Crippen molar-refractivity contribution in [3.63, 3.8) is 0 Å². The molecule has 0 aliphatic carbocycles. The van der Waals surface area contributed by atoms with Crippen LogP contribution in [0.25, 0.3) is 5.52 Å². The summed E-state index contributed by atoms with van der Waals surface area (Å²) in [6.45, 7) is 0.282. The molecule has 0 bridgehead atoms. The molecule has 1 aromatic carbocycles. The van der Waals surface area contributed by atoms with Crippen molar-refractivity contribution in [2.24, 2.45) is 5.73 Å². The number of aliphatic carboxylic acids is 1. The normalized spacial score (nSPS) is 12.1. The van der Waals surface area contributed by atoms with Crippen molar-refractivity contribution in [2.75, 3.05) is 25.0 Å². The number of carboxylic acid groups (broad SMARTS) is 1. The molecule has 2 amide bonds. The van der Waals surface area contributed by atoms with Gasteiger partial charge in [-0.2, -0.15) is 4.72 Å². The molecule has 13 heteroatoms. The Labute approximate surface area is 200 Å². The van der Waals surface area contributed by atoms with Crippen molar-refractivity contribution in [1.82, 2.24) is 14.4 Å². The lowest BCUT2D eigenvalue weighted by atomic mass is 10.3. The molecule has 0 saturated carbocycles. The van der Waals surface area contributed by atoms with E-state index in [0.29, 0.717) is 30.8 Å². The Morgan fingerprint density at radius 2 is 1.80 bits per heavy atom. The first-order valence-electron chi connectivity index (χ1n) is 10.5. The number of pyridine rings is 2. The highest BCUT2D eigenvalue weighted by atomic mass is 32.2. The zero-order valence-corrected chi connectivity index (χ0v) is 19.3. The van der Waals surface area contributed by atoms with Gasteiger partial charge in [-0.3, -0.25) is 14.0 Å². The van der Waals surface area contributed by atoms with Crippen molar-refractivity contribution in [3.8, 4) is 5.75 Å². The highest BCUT2D eigenvalue weighted by Gasteiger charge is 2.26. The van der Waals surface area contributed by atoms with Crippen LogP contribution in [0, 0.1) is 0 Å². The Bertz CT molecular complexity index is 1360. The molecule has 3 rings (SSSR count). The van der Waals surface area contributed by atoms with Crippen LogP contribution in [0.1, 0.15) is 6.42 Å². The second-order valence-electron chi connectivity index (χ2n) is 7.36. The number of carbonyl (C=O) groups excluding carboxylic acids is 1. The smallest absolute Gasteiger partial charge is 0.323 e. The molecule has 2 aromatic heterocycles. The summed E-state index contributed by atoms with van der Waals surface area (Å²) in [4.78, 5) is 36.5. The number of aromatic nitrogens is 1. The summed E-state index contributed by atoms with van der Waals surface area (Å²) in [5.41, 5.74) is 5.39. The van der Waals surface area contributed by atoms with Crippen LogP contribution in [0.3, 0.4) is 0 Å². The van der Waals surface area contributed by atoms with E-state index in [0.717, 1.165) is 0 Å². The maximum atomic E-state index is 12.8. The Balaban J connectivity index is 1.67. The SMILES string of the molecule is NCCCOc1ccc2ccc(NC(=O)NC[C@H](NS(=O)(=O)c3ccccc3)C(=O)O)c(=O)n2c1. The Hall–Kier alpha value is -3.94. The van der Waals surface area contributed by atoms with Crippen molar-refractivity contribution >= 4 is 33.2 Å². The van der Waals surface area contributed by atoms with Gasteiger partial charge in [-0.15, -0.1) is 0 Å². The zero-order chi connectivity index (χ0) is 25.4. The number of carboxylic acids is 1. The van der Waals surface area contributed by atoms with Gasteiger partial charge in [0, 0.05) is 12.1 Å². The maximum Gasteiger partial charge on any atom is 0.323 e. The van der Waals surface area contributed by atoms with Crippen LogP contribution in [-0.2, 0) is 14.8 Å². The number of rotatable bonds is 11. The lowest BCUT2D eigenvalue weighted by Gasteiger charge is -2.16. The van der Waals surface area contributed by atoms with Gasteiger partial charge in [-0.1, -0.05) is 18.2 Å². The van der Waals surface area contributed by atoms with E-state index in [9.17, 15) is 27.9 Å². The number of urea groups is 1. The lowest BCUT2D eigenvalue weighted by molar-refractivity contribution is -0.138. The third-order valence-corrected chi connectivity index (χ3v) is 6.29. The molecular weight excluding hydrogens is 478 g/mol. The zero-order valence-electron chi connectivity index (χ0n) is 18.5. The molecule has 35 heavy (non-hydrogen) atoms. The summed E-state index contributed by atoms with van der Waals surface area (Å²) in [5.74, 6) is -1.04. The number of hydrogen-bond acceptors (Lipinski definition) is 7. The van der Waals surface area contributed by atoms with Gasteiger partial charge in [0.1, 0.15) is 17.5 Å². The fraction of sp³-hybridized carbons (Fsp3) is 0.227. The van der Waals surface area contributed by atoms with Gasteiger partial charge in [-0.05, 0) is 49.4 Å². The Morgan fingerprint density at radius 1 is 1.09 bits per heavy atom. The Kier molecular flexibility index (Phi) is 8.41. The molecule has 6 N–H and O–H groups in total. The molecule has 2 heterocycles. The third kappa shape index (κ3) is 6.79. The van der Waals surface area contributed by atoms with E-state index >= 15 is 0 Å². The minimum absolute atomic E-state index is 0.0733. The number of nitrogens with two attached hydrogens (primary N) is 1. The average Bonchev–Trinajstić information content (AvgIpc) is 2.84. The lowest BCUT2D eigenvalue weighted by Crippen LogP contribution is -2.49. The molecule has 0 radical (unpaired) electrons. The largest absolute Gasteiger partial charge is 0.492 e. The number of nitrogens with one attached hydrogen (secondary N) is 3. The monoisotopic (exact) mass is 503 g/mol. The van der Waals surface area contributed by atoms with Gasteiger partial charge in [0.05, 0.1) is 17.7 Å². The average molecular weight is 504 g/mol. The summed E-state index contributed by atoms with van der Waals surface area (Å²) in [6, 6.07) is 11.1. The fourth-order valence-electron chi connectivity index (χ4n) is 3.02. The van der Waals surface area contributed by atoms with E-state index in [4.69, 9.17) is 10.5 Å². The molecule has 12 nitrogen and oxygen atoms in total. The molecule has 0 unspecified atom stereocenters. The summed E-state index contributed by atoms with van der Waals surface area (Å²) in [6.07, 6.45) is 2.13. The number of amides is 2. The van der Waals surface area contributed by atoms with Crippen molar-refractivity contribution in [1.29, 1.82) is 0 Å². The summed E-state index contributed by atoms with van der Waals surface area (Å²) >= 11 is 0. The summed E-state index contributed by atoms with van der Waals surface area (Å²) in [7, 11) is -4.13. The predicted molar refractivity (Wildman–Crippen MR) is 128 cm³/mol. The van der Waals surface area contributed by atoms with E-state index in [1.165, 1.54) is 40.9 Å². The molecule has 0 aliphatic rings. The molecule has 1 atom stereocenters. The quantitative estimate of drug-likeness (QED) is 0.236. The molecule has 0 fully saturated rings. The van der Waals surface area contributed by atoms with Crippen molar-refractivity contribution in [2.45, 2.75) is 17.4 Å². The van der Waals surface area contributed by atoms with Crippen LogP contribution in [0.15, 0.2) is 70.5 Å². The first-order valence-corrected chi connectivity index (χ1v) is 12.0. The van der Waals surface area contributed by atoms with E-state index < -0.39 is 40.2 Å². The number of ether oxygens (including phenoxy) is 1. The highest BCUT2D eigenvalue weighted by Crippen LogP contribution is 2.14. The molecular formula is C22H25N5O7S. The number of nitrogens with zero attached hydrogens (tertiary/aromatic N) is 1. The van der Waals surface area contributed by atoms with Gasteiger partial charge in [0.2, 0.25) is 10.0 Å². The predicted octanol–water partition coefficient (Wildman–Crippen LogP) is 0.580. The summed E-state index contributed by atoms with van der Waals surface area (Å²) in [5, 5.41) is 14.0. The van der Waals surface area contributed by atoms with Gasteiger partial charge < -0.3 is 26.2 Å². The number of sulfonamides is 1. The van der Waals surface area contributed by atoms with E-state index in [1.807, 2.05) is 4.72 Å². The number of hydrogen-bond donors (Lipinski definition) is 5. The van der Waals surface area contributed by atoms with Crippen LogP contribution in [0.4, 0.5) is 10.5 Å². The molecule has 0 spiro atoms. The van der Waals surface area contributed by atoms with E-state index in [2.05, 4.69) is 10.6 Å². The standard InChI is InChI=1S/C22H25N5O7S/c23-11-4-12-34-16-9-7-15-8-10-18(20(28)27(15)14-16)25-22(31)24-13-19(21(29)30)26-35(32,33)17-5-2-1-3-6-17/h1-3,5-10,14,19,26H,4,11-13,23H2,(H,29,30)(H2,24,25,31)/t19-/m0/s1. The maximum absolute atomic E-state index is 12.8. The molecule has 0 aliphatic heterocycles. The van der Waals surface area contributed by atoms with Crippen molar-refractivity contribution < 1.29 is 27.9 Å². The first-order chi connectivity index (χ1) is 16.7. The van der Waals surface area contributed by atoms with Crippen LogP contribution < -0.4 is 31.4 Å². The number of anilines is 1. The number of carbonyl (C=O) groups is 2. The van der Waals surface area contributed by atoms with Gasteiger partial charge in [0.25, 0.3) is 5.56 Å². The second-order valence-corrected chi connectivity index (χ2v) is 9.08. The second kappa shape index (κ2) is 11.5. The highest BCUT2D eigenvalue weighted by molar-refractivity contribution is 7.89. The number of fused-ring (bicyclic) bond motifs is 1. The molecule has 0 saturated heterocycles. The van der Waals surface area contributed by atoms with E-state index in [1.54, 1.807) is 24.3 Å². The minimum Gasteiger partial charge on any atom is -0.492 e. The van der Waals surface area contributed by atoms with Gasteiger partial charge in [0.15, 0.2) is 0 Å². The van der Waals surface area contributed by atoms with Gasteiger partial charge >= 0.3 is 12.0 Å². The third-order valence-electron chi connectivity index (χ3n) is 4.80. The molecule has 186 valence electrons. The number of benzene rings is 1. The minimum atomic E-state index is -4.13. The first kappa shape index (κ1) is 25.7. The molecule has 3 aromatic rings. The fourth-order valence-corrected chi connectivity index (χ4v) is 4.23. The van der Waals surface area contributed by atoms with Gasteiger partial charge in [-0.25, -0.2) is 13.2 Å². The summed E-state index contributed by atoms with van der Waals surface area (Å²) < 4.78 is 33.7. The van der Waals surface area contributed by atoms with Crippen molar-refractivity contribution in [3.05, 3.63) is 71.1 Å². The van der Waals surface area contributed by atoms with Crippen LogP contribution in [-0.4, -0.2) is 55.7 Å².